The Labute approximate surface area is 107 Å². The summed E-state index contributed by atoms with van der Waals surface area (Å²) in [6, 6.07) is 0. The lowest BCUT2D eigenvalue weighted by Crippen LogP contribution is -2.47. The van der Waals surface area contributed by atoms with Crippen LogP contribution >= 0.6 is 0 Å². The first kappa shape index (κ1) is 14.9. The van der Waals surface area contributed by atoms with Crippen LogP contribution in [0.3, 0.4) is 0 Å². The molecule has 0 aromatic rings. The van der Waals surface area contributed by atoms with Crippen LogP contribution in [-0.4, -0.2) is 51.3 Å². The zero-order valence-corrected chi connectivity index (χ0v) is 12.1. The Bertz CT molecular complexity index is 195. The third kappa shape index (κ3) is 4.94. The van der Waals surface area contributed by atoms with Gasteiger partial charge in [-0.15, -0.1) is 0 Å². The highest BCUT2D eigenvalue weighted by Gasteiger charge is 2.33. The minimum atomic E-state index is 0.428. The van der Waals surface area contributed by atoms with E-state index in [0.29, 0.717) is 5.41 Å². The van der Waals surface area contributed by atoms with Crippen LogP contribution < -0.4 is 5.32 Å². The molecule has 0 saturated carbocycles. The summed E-state index contributed by atoms with van der Waals surface area (Å²) in [4.78, 5) is 2.60. The molecule has 1 saturated heterocycles. The standard InChI is InChI=1S/C14H30N2O/c1-5-16(10-13(2)3)12-14(11-15-4)6-8-17-9-7-14/h13,15H,5-12H2,1-4H3. The van der Waals surface area contributed by atoms with E-state index < -0.39 is 0 Å². The van der Waals surface area contributed by atoms with E-state index in [-0.39, 0.29) is 0 Å². The molecule has 0 bridgehead atoms. The average molecular weight is 242 g/mol. The summed E-state index contributed by atoms with van der Waals surface area (Å²) in [6.07, 6.45) is 2.39. The maximum absolute atomic E-state index is 5.52. The zero-order chi connectivity index (χ0) is 12.7. The van der Waals surface area contributed by atoms with Gasteiger partial charge in [0, 0.05) is 32.8 Å². The highest BCUT2D eigenvalue weighted by molar-refractivity contribution is 4.86. The SMILES string of the molecule is CCN(CC(C)C)CC1(CNC)CCOCC1. The second-order valence-corrected chi connectivity index (χ2v) is 5.86. The fourth-order valence-electron chi connectivity index (χ4n) is 2.87. The number of nitrogens with zero attached hydrogens (tertiary/aromatic N) is 1. The van der Waals surface area contributed by atoms with Gasteiger partial charge in [-0.1, -0.05) is 20.8 Å². The molecule has 1 heterocycles. The molecule has 0 aromatic carbocycles. The summed E-state index contributed by atoms with van der Waals surface area (Å²) in [5.74, 6) is 0.751. The maximum atomic E-state index is 5.52. The van der Waals surface area contributed by atoms with Crippen LogP contribution in [0.2, 0.25) is 0 Å². The Balaban J connectivity index is 2.56. The van der Waals surface area contributed by atoms with Crippen molar-refractivity contribution in [2.45, 2.75) is 33.6 Å². The Morgan fingerprint density at radius 1 is 1.29 bits per heavy atom. The summed E-state index contributed by atoms with van der Waals surface area (Å²) in [5.41, 5.74) is 0.428. The summed E-state index contributed by atoms with van der Waals surface area (Å²) in [6.45, 7) is 13.4. The fraction of sp³-hybridized carbons (Fsp3) is 1.00. The first-order valence-electron chi connectivity index (χ1n) is 7.06. The Morgan fingerprint density at radius 3 is 2.41 bits per heavy atom. The van der Waals surface area contributed by atoms with Gasteiger partial charge in [-0.2, -0.15) is 0 Å². The second kappa shape index (κ2) is 7.34. The molecule has 1 N–H and O–H groups in total. The van der Waals surface area contributed by atoms with E-state index in [2.05, 4.69) is 38.0 Å². The molecule has 1 aliphatic heterocycles. The lowest BCUT2D eigenvalue weighted by molar-refractivity contribution is -0.00432. The number of nitrogens with one attached hydrogen (secondary N) is 1. The van der Waals surface area contributed by atoms with Crippen molar-refractivity contribution in [3.63, 3.8) is 0 Å². The molecule has 3 nitrogen and oxygen atoms in total. The van der Waals surface area contributed by atoms with Gasteiger partial charge < -0.3 is 15.0 Å². The van der Waals surface area contributed by atoms with Gasteiger partial charge in [-0.05, 0) is 37.8 Å². The van der Waals surface area contributed by atoms with Crippen LogP contribution in [0.5, 0.6) is 0 Å². The molecule has 0 radical (unpaired) electrons. The molecule has 0 unspecified atom stereocenters. The van der Waals surface area contributed by atoms with Gasteiger partial charge in [0.2, 0.25) is 0 Å². The van der Waals surface area contributed by atoms with Gasteiger partial charge in [0.1, 0.15) is 0 Å². The Kier molecular flexibility index (Phi) is 6.45. The van der Waals surface area contributed by atoms with Crippen molar-refractivity contribution < 1.29 is 4.74 Å². The number of ether oxygens (including phenoxy) is 1. The molecule has 0 aromatic heterocycles. The lowest BCUT2D eigenvalue weighted by atomic mass is 9.79. The minimum absolute atomic E-state index is 0.428. The van der Waals surface area contributed by atoms with Crippen molar-refractivity contribution in [3.05, 3.63) is 0 Å². The molecule has 0 atom stereocenters. The Hall–Kier alpha value is -0.120. The summed E-state index contributed by atoms with van der Waals surface area (Å²) in [5, 5.41) is 3.38. The number of hydrogen-bond acceptors (Lipinski definition) is 3. The van der Waals surface area contributed by atoms with E-state index >= 15 is 0 Å². The molecule has 1 fully saturated rings. The smallest absolute Gasteiger partial charge is 0.0472 e. The van der Waals surface area contributed by atoms with E-state index in [4.69, 9.17) is 4.74 Å². The lowest BCUT2D eigenvalue weighted by Gasteiger charge is -2.41. The van der Waals surface area contributed by atoms with Crippen LogP contribution in [0.15, 0.2) is 0 Å². The quantitative estimate of drug-likeness (QED) is 0.739. The summed E-state index contributed by atoms with van der Waals surface area (Å²) >= 11 is 0. The summed E-state index contributed by atoms with van der Waals surface area (Å²) in [7, 11) is 2.07. The van der Waals surface area contributed by atoms with E-state index in [0.717, 1.165) is 32.2 Å². The topological polar surface area (TPSA) is 24.5 Å². The predicted molar refractivity (Wildman–Crippen MR) is 73.4 cm³/mol. The third-order valence-corrected chi connectivity index (χ3v) is 3.73. The van der Waals surface area contributed by atoms with E-state index in [1.54, 1.807) is 0 Å². The van der Waals surface area contributed by atoms with Crippen LogP contribution in [0.25, 0.3) is 0 Å². The van der Waals surface area contributed by atoms with E-state index in [1.165, 1.54) is 25.9 Å². The third-order valence-electron chi connectivity index (χ3n) is 3.73. The van der Waals surface area contributed by atoms with Crippen LogP contribution in [0, 0.1) is 11.3 Å². The molecule has 1 aliphatic rings. The van der Waals surface area contributed by atoms with Gasteiger partial charge in [-0.25, -0.2) is 0 Å². The highest BCUT2D eigenvalue weighted by atomic mass is 16.5. The van der Waals surface area contributed by atoms with Gasteiger partial charge in [0.15, 0.2) is 0 Å². The van der Waals surface area contributed by atoms with Crippen LogP contribution in [0.4, 0.5) is 0 Å². The van der Waals surface area contributed by atoms with E-state index in [9.17, 15) is 0 Å². The molecular weight excluding hydrogens is 212 g/mol. The summed E-state index contributed by atoms with van der Waals surface area (Å²) < 4.78 is 5.52. The van der Waals surface area contributed by atoms with Crippen molar-refractivity contribution in [2.75, 3.05) is 46.4 Å². The molecule has 0 spiro atoms. The number of rotatable bonds is 7. The molecule has 0 amide bonds. The van der Waals surface area contributed by atoms with Crippen molar-refractivity contribution in [2.24, 2.45) is 11.3 Å². The molecule has 102 valence electrons. The Morgan fingerprint density at radius 2 is 1.94 bits per heavy atom. The number of hydrogen-bond donors (Lipinski definition) is 1. The van der Waals surface area contributed by atoms with Crippen molar-refractivity contribution >= 4 is 0 Å². The average Bonchev–Trinajstić information content (AvgIpc) is 2.29. The first-order valence-corrected chi connectivity index (χ1v) is 7.06. The van der Waals surface area contributed by atoms with Crippen molar-refractivity contribution in [3.8, 4) is 0 Å². The van der Waals surface area contributed by atoms with Crippen molar-refractivity contribution in [1.82, 2.24) is 10.2 Å². The molecule has 1 rings (SSSR count). The predicted octanol–water partition coefficient (Wildman–Crippen LogP) is 1.98. The first-order chi connectivity index (χ1) is 8.12. The highest BCUT2D eigenvalue weighted by Crippen LogP contribution is 2.31. The minimum Gasteiger partial charge on any atom is -0.381 e. The maximum Gasteiger partial charge on any atom is 0.0472 e. The van der Waals surface area contributed by atoms with Gasteiger partial charge >= 0.3 is 0 Å². The van der Waals surface area contributed by atoms with E-state index in [1.807, 2.05) is 0 Å². The van der Waals surface area contributed by atoms with Crippen molar-refractivity contribution in [1.29, 1.82) is 0 Å². The largest absolute Gasteiger partial charge is 0.381 e. The molecule has 0 aliphatic carbocycles. The van der Waals surface area contributed by atoms with Gasteiger partial charge in [0.25, 0.3) is 0 Å². The normalized spacial score (nSPS) is 20.1. The second-order valence-electron chi connectivity index (χ2n) is 5.86. The van der Waals surface area contributed by atoms with Crippen LogP contribution in [0.1, 0.15) is 33.6 Å². The van der Waals surface area contributed by atoms with Crippen LogP contribution in [-0.2, 0) is 4.74 Å². The fourth-order valence-corrected chi connectivity index (χ4v) is 2.87. The molecule has 3 heteroatoms. The van der Waals surface area contributed by atoms with Gasteiger partial charge in [-0.3, -0.25) is 0 Å². The zero-order valence-electron chi connectivity index (χ0n) is 12.1. The molecular formula is C14H30N2O. The van der Waals surface area contributed by atoms with Gasteiger partial charge in [0.05, 0.1) is 0 Å². The monoisotopic (exact) mass is 242 g/mol. The molecule has 17 heavy (non-hydrogen) atoms.